The van der Waals surface area contributed by atoms with Crippen LogP contribution in [0.1, 0.15) is 32.6 Å². The summed E-state index contributed by atoms with van der Waals surface area (Å²) in [6, 6.07) is 21.9. The van der Waals surface area contributed by atoms with Crippen molar-refractivity contribution in [3.05, 3.63) is 93.7 Å². The van der Waals surface area contributed by atoms with Crippen LogP contribution in [0.5, 0.6) is 0 Å². The lowest BCUT2D eigenvalue weighted by atomic mass is 9.83. The molecule has 3 aromatic rings. The van der Waals surface area contributed by atoms with Crippen LogP contribution in [0.3, 0.4) is 0 Å². The number of rotatable bonds is 7. The van der Waals surface area contributed by atoms with Crippen molar-refractivity contribution in [2.75, 3.05) is 6.54 Å². The normalized spacial score (nSPS) is 18.5. The van der Waals surface area contributed by atoms with E-state index in [9.17, 15) is 14.4 Å². The highest BCUT2D eigenvalue weighted by Gasteiger charge is 2.52. The Labute approximate surface area is 179 Å². The molecule has 0 aliphatic carbocycles. The number of aryl methyl sites for hydroxylation is 1. The van der Waals surface area contributed by atoms with Gasteiger partial charge in [0.1, 0.15) is 0 Å². The van der Waals surface area contributed by atoms with E-state index in [4.69, 9.17) is 0 Å². The number of nitrogens with zero attached hydrogens (tertiary/aromatic N) is 1. The molecule has 0 unspecified atom stereocenters. The molecule has 1 aromatic heterocycles. The standard InChI is InChI=1S/C24H22N2O3S/c1-2-19-13-14-21(30-19)20(27)16-26-22(28)24(25-23(26)29,18-11-7-4-8-12-18)15-17-9-5-3-6-10-17/h3-14H,2,15-16H2,1H3,(H,25,29)/t24-/m1/s1. The molecule has 152 valence electrons. The van der Waals surface area contributed by atoms with Gasteiger partial charge in [0.05, 0.1) is 11.4 Å². The topological polar surface area (TPSA) is 66.5 Å². The molecule has 1 aliphatic rings. The fourth-order valence-electron chi connectivity index (χ4n) is 3.75. The van der Waals surface area contributed by atoms with Gasteiger partial charge in [-0.25, -0.2) is 4.79 Å². The lowest BCUT2D eigenvalue weighted by molar-refractivity contribution is -0.131. The van der Waals surface area contributed by atoms with Crippen molar-refractivity contribution in [3.8, 4) is 0 Å². The summed E-state index contributed by atoms with van der Waals surface area (Å²) >= 11 is 1.41. The Hall–Kier alpha value is -3.25. The number of hydrogen-bond acceptors (Lipinski definition) is 4. The number of carbonyl (C=O) groups is 3. The zero-order valence-electron chi connectivity index (χ0n) is 16.6. The third-order valence-corrected chi connectivity index (χ3v) is 6.61. The van der Waals surface area contributed by atoms with Gasteiger partial charge in [-0.15, -0.1) is 11.3 Å². The van der Waals surface area contributed by atoms with Crippen LogP contribution in [0.2, 0.25) is 0 Å². The maximum Gasteiger partial charge on any atom is 0.325 e. The molecule has 2 aromatic carbocycles. The number of nitrogens with one attached hydrogen (secondary N) is 1. The van der Waals surface area contributed by atoms with Gasteiger partial charge in [0.2, 0.25) is 0 Å². The second-order valence-electron chi connectivity index (χ2n) is 7.30. The van der Waals surface area contributed by atoms with Crippen molar-refractivity contribution >= 4 is 29.1 Å². The molecule has 0 radical (unpaired) electrons. The van der Waals surface area contributed by atoms with Crippen molar-refractivity contribution in [1.82, 2.24) is 10.2 Å². The van der Waals surface area contributed by atoms with Crippen LogP contribution in [0.4, 0.5) is 4.79 Å². The molecule has 0 spiro atoms. The van der Waals surface area contributed by atoms with Crippen LogP contribution in [0, 0.1) is 0 Å². The van der Waals surface area contributed by atoms with Crippen LogP contribution in [0.25, 0.3) is 0 Å². The predicted molar refractivity (Wildman–Crippen MR) is 117 cm³/mol. The minimum absolute atomic E-state index is 0.230. The van der Waals surface area contributed by atoms with Crippen molar-refractivity contribution in [2.45, 2.75) is 25.3 Å². The Bertz CT molecular complexity index is 1080. The number of ketones is 1. The number of carbonyl (C=O) groups excluding carboxylic acids is 3. The molecule has 1 atom stereocenters. The van der Waals surface area contributed by atoms with Gasteiger partial charge in [0, 0.05) is 11.3 Å². The third-order valence-electron chi connectivity index (χ3n) is 5.34. The van der Waals surface area contributed by atoms with Gasteiger partial charge in [-0.1, -0.05) is 67.6 Å². The van der Waals surface area contributed by atoms with Crippen LogP contribution < -0.4 is 5.32 Å². The van der Waals surface area contributed by atoms with E-state index in [2.05, 4.69) is 5.32 Å². The smallest absolute Gasteiger partial charge is 0.319 e. The molecule has 0 saturated carbocycles. The van der Waals surface area contributed by atoms with Crippen molar-refractivity contribution in [2.24, 2.45) is 0 Å². The maximum atomic E-state index is 13.6. The second kappa shape index (κ2) is 8.24. The first-order valence-corrected chi connectivity index (χ1v) is 10.7. The number of thiophene rings is 1. The summed E-state index contributed by atoms with van der Waals surface area (Å²) < 4.78 is 0. The zero-order valence-corrected chi connectivity index (χ0v) is 17.4. The Kier molecular flexibility index (Phi) is 5.50. The maximum absolute atomic E-state index is 13.6. The second-order valence-corrected chi connectivity index (χ2v) is 8.47. The van der Waals surface area contributed by atoms with E-state index in [-0.39, 0.29) is 12.3 Å². The Morgan fingerprint density at radius 1 is 0.967 bits per heavy atom. The molecule has 1 saturated heterocycles. The Balaban J connectivity index is 1.66. The van der Waals surface area contributed by atoms with Gasteiger partial charge >= 0.3 is 6.03 Å². The number of benzene rings is 2. The fourth-order valence-corrected chi connectivity index (χ4v) is 4.63. The van der Waals surface area contributed by atoms with E-state index in [1.165, 1.54) is 11.3 Å². The van der Waals surface area contributed by atoms with Gasteiger partial charge in [-0.05, 0) is 29.7 Å². The zero-order chi connectivity index (χ0) is 21.1. The van der Waals surface area contributed by atoms with Crippen LogP contribution in [0.15, 0.2) is 72.8 Å². The Morgan fingerprint density at radius 3 is 2.27 bits per heavy atom. The largest absolute Gasteiger partial charge is 0.325 e. The predicted octanol–water partition coefficient (Wildman–Crippen LogP) is 4.18. The number of hydrogen-bond donors (Lipinski definition) is 1. The number of imide groups is 1. The molecule has 6 heteroatoms. The summed E-state index contributed by atoms with van der Waals surface area (Å²) in [5, 5.41) is 2.89. The van der Waals surface area contributed by atoms with E-state index in [0.29, 0.717) is 16.9 Å². The summed E-state index contributed by atoms with van der Waals surface area (Å²) in [7, 11) is 0. The Morgan fingerprint density at radius 2 is 1.63 bits per heavy atom. The van der Waals surface area contributed by atoms with Gasteiger partial charge in [-0.3, -0.25) is 14.5 Å². The van der Waals surface area contributed by atoms with Crippen LogP contribution in [-0.2, 0) is 23.2 Å². The quantitative estimate of drug-likeness (QED) is 0.462. The first kappa shape index (κ1) is 20.0. The van der Waals surface area contributed by atoms with Crippen molar-refractivity contribution < 1.29 is 14.4 Å². The summed E-state index contributed by atoms with van der Waals surface area (Å²) in [6.45, 7) is 1.76. The first-order valence-electron chi connectivity index (χ1n) is 9.89. The third kappa shape index (κ3) is 3.66. The molecule has 2 heterocycles. The lowest BCUT2D eigenvalue weighted by Gasteiger charge is -2.27. The van der Waals surface area contributed by atoms with E-state index in [0.717, 1.165) is 21.8 Å². The fraction of sp³-hybridized carbons (Fsp3) is 0.208. The summed E-state index contributed by atoms with van der Waals surface area (Å²) in [5.74, 6) is -0.630. The average molecular weight is 419 g/mol. The number of Topliss-reactive ketones (excluding diaryl/α,β-unsaturated/α-hetero) is 1. The molecule has 5 nitrogen and oxygen atoms in total. The highest BCUT2D eigenvalue weighted by atomic mass is 32.1. The molecule has 1 fully saturated rings. The summed E-state index contributed by atoms with van der Waals surface area (Å²) in [4.78, 5) is 41.9. The molecular formula is C24H22N2O3S. The van der Waals surface area contributed by atoms with E-state index >= 15 is 0 Å². The van der Waals surface area contributed by atoms with Crippen molar-refractivity contribution in [1.29, 1.82) is 0 Å². The first-order chi connectivity index (χ1) is 14.5. The molecule has 1 N–H and O–H groups in total. The molecule has 3 amide bonds. The number of amides is 3. The molecule has 0 bridgehead atoms. The highest BCUT2D eigenvalue weighted by Crippen LogP contribution is 2.33. The highest BCUT2D eigenvalue weighted by molar-refractivity contribution is 7.14. The minimum atomic E-state index is -1.23. The molecular weight excluding hydrogens is 396 g/mol. The van der Waals surface area contributed by atoms with Crippen molar-refractivity contribution in [3.63, 3.8) is 0 Å². The van der Waals surface area contributed by atoms with Crippen LogP contribution >= 0.6 is 11.3 Å². The molecule has 1 aliphatic heterocycles. The van der Waals surface area contributed by atoms with Gasteiger partial charge in [0.15, 0.2) is 11.3 Å². The van der Waals surface area contributed by atoms with Crippen LogP contribution in [-0.4, -0.2) is 29.2 Å². The molecule has 30 heavy (non-hydrogen) atoms. The van der Waals surface area contributed by atoms with Gasteiger partial charge < -0.3 is 5.32 Å². The van der Waals surface area contributed by atoms with Gasteiger partial charge in [-0.2, -0.15) is 0 Å². The average Bonchev–Trinajstić information content (AvgIpc) is 3.35. The summed E-state index contributed by atoms with van der Waals surface area (Å²) in [6.07, 6.45) is 1.15. The minimum Gasteiger partial charge on any atom is -0.319 e. The SMILES string of the molecule is CCc1ccc(C(=O)CN2C(=O)N[C@](Cc3ccccc3)(c3ccccc3)C2=O)s1. The number of urea groups is 1. The monoisotopic (exact) mass is 418 g/mol. The van der Waals surface area contributed by atoms with Gasteiger partial charge in [0.25, 0.3) is 5.91 Å². The van der Waals surface area contributed by atoms with E-state index in [1.807, 2.05) is 73.7 Å². The lowest BCUT2D eigenvalue weighted by Crippen LogP contribution is -2.46. The molecule has 4 rings (SSSR count). The van der Waals surface area contributed by atoms with E-state index < -0.39 is 17.5 Å². The van der Waals surface area contributed by atoms with E-state index in [1.54, 1.807) is 6.07 Å². The summed E-state index contributed by atoms with van der Waals surface area (Å²) in [5.41, 5.74) is 0.393.